The summed E-state index contributed by atoms with van der Waals surface area (Å²) in [4.78, 5) is 11.2. The number of carbonyl (C=O) groups is 1. The molecule has 1 aromatic heterocycles. The van der Waals surface area contributed by atoms with Gasteiger partial charge in [-0.1, -0.05) is 0 Å². The Bertz CT molecular complexity index is 342. The zero-order valence-electron chi connectivity index (χ0n) is 8.67. The maximum atomic E-state index is 11.2. The van der Waals surface area contributed by atoms with Gasteiger partial charge in [-0.05, 0) is 35.3 Å². The van der Waals surface area contributed by atoms with Crippen molar-refractivity contribution in [1.82, 2.24) is 0 Å². The van der Waals surface area contributed by atoms with E-state index >= 15 is 0 Å². The Morgan fingerprint density at radius 1 is 1.60 bits per heavy atom. The minimum Gasteiger partial charge on any atom is -1.00 e. The molecule has 0 bridgehead atoms. The lowest BCUT2D eigenvalue weighted by Crippen LogP contribution is -3.00. The van der Waals surface area contributed by atoms with Crippen molar-refractivity contribution in [3.8, 4) is 0 Å². The van der Waals surface area contributed by atoms with Crippen LogP contribution in [0, 0.1) is 6.92 Å². The second-order valence-electron chi connectivity index (χ2n) is 2.95. The Morgan fingerprint density at radius 2 is 2.27 bits per heavy atom. The van der Waals surface area contributed by atoms with Gasteiger partial charge in [-0.25, -0.2) is 4.79 Å². The van der Waals surface area contributed by atoms with Gasteiger partial charge in [-0.15, -0.1) is 0 Å². The third-order valence-corrected chi connectivity index (χ3v) is 2.62. The number of nitrogens with zero attached hydrogens (tertiary/aromatic N) is 1. The predicted molar refractivity (Wildman–Crippen MR) is 55.7 cm³/mol. The number of carbonyl (C=O) groups excluding carboxylic acids is 1. The molecule has 0 amide bonds. The van der Waals surface area contributed by atoms with Crippen LogP contribution in [0.5, 0.6) is 0 Å². The Kier molecular flexibility index (Phi) is 6.76. The number of halogens is 2. The standard InChI is InChI=1S/C10H13BrNO2.BrH/c1-3-14-10(13)7-12-5-4-8(2)9(11)6-12;/h4-6H,3,7H2,1-2H3;1H/q+1;/p-1. The van der Waals surface area contributed by atoms with E-state index in [2.05, 4.69) is 15.9 Å². The molecule has 0 saturated heterocycles. The molecule has 0 fully saturated rings. The fourth-order valence-electron chi connectivity index (χ4n) is 1.03. The Labute approximate surface area is 108 Å². The van der Waals surface area contributed by atoms with Gasteiger partial charge >= 0.3 is 5.97 Å². The molecule has 0 aliphatic heterocycles. The Balaban J connectivity index is 0.00000196. The van der Waals surface area contributed by atoms with Gasteiger partial charge in [0.15, 0.2) is 12.4 Å². The molecular weight excluding hydrogens is 326 g/mol. The molecule has 1 aromatic rings. The molecule has 0 radical (unpaired) electrons. The van der Waals surface area contributed by atoms with Gasteiger partial charge in [0.1, 0.15) is 0 Å². The third-order valence-electron chi connectivity index (χ3n) is 1.79. The highest BCUT2D eigenvalue weighted by atomic mass is 79.9. The SMILES string of the molecule is CCOC(=O)C[n+]1ccc(C)c(Br)c1.[Br-]. The molecule has 1 heterocycles. The molecule has 3 nitrogen and oxygen atoms in total. The number of rotatable bonds is 3. The number of aryl methyl sites for hydroxylation is 1. The van der Waals surface area contributed by atoms with E-state index in [0.717, 1.165) is 10.0 Å². The first-order chi connectivity index (χ1) is 6.63. The van der Waals surface area contributed by atoms with Crippen LogP contribution in [0.3, 0.4) is 0 Å². The van der Waals surface area contributed by atoms with Crippen LogP contribution in [0.1, 0.15) is 12.5 Å². The highest BCUT2D eigenvalue weighted by molar-refractivity contribution is 9.10. The molecule has 0 atom stereocenters. The highest BCUT2D eigenvalue weighted by Gasteiger charge is 2.10. The molecule has 15 heavy (non-hydrogen) atoms. The fraction of sp³-hybridized carbons (Fsp3) is 0.400. The van der Waals surface area contributed by atoms with Crippen LogP contribution in [0.25, 0.3) is 0 Å². The molecule has 0 N–H and O–H groups in total. The minimum absolute atomic E-state index is 0. The fourth-order valence-corrected chi connectivity index (χ4v) is 1.43. The maximum Gasteiger partial charge on any atom is 0.372 e. The van der Waals surface area contributed by atoms with Crippen LogP contribution >= 0.6 is 15.9 Å². The van der Waals surface area contributed by atoms with Gasteiger partial charge in [-0.3, -0.25) is 0 Å². The maximum absolute atomic E-state index is 11.2. The number of esters is 1. The average Bonchev–Trinajstić information content (AvgIpc) is 2.12. The molecule has 0 saturated carbocycles. The Hall–Kier alpha value is -0.420. The summed E-state index contributed by atoms with van der Waals surface area (Å²) in [6.45, 7) is 4.48. The van der Waals surface area contributed by atoms with Crippen molar-refractivity contribution in [3.63, 3.8) is 0 Å². The van der Waals surface area contributed by atoms with Crippen molar-refractivity contribution < 1.29 is 31.1 Å². The van der Waals surface area contributed by atoms with Gasteiger partial charge in [0, 0.05) is 6.07 Å². The molecule has 84 valence electrons. The summed E-state index contributed by atoms with van der Waals surface area (Å²) < 4.78 is 7.62. The first kappa shape index (κ1) is 14.6. The smallest absolute Gasteiger partial charge is 0.372 e. The number of hydrogen-bond acceptors (Lipinski definition) is 2. The van der Waals surface area contributed by atoms with Gasteiger partial charge in [0.05, 0.1) is 11.1 Å². The quantitative estimate of drug-likeness (QED) is 0.502. The van der Waals surface area contributed by atoms with Crippen molar-refractivity contribution in [1.29, 1.82) is 0 Å². The first-order valence-electron chi connectivity index (χ1n) is 4.44. The normalized spacial score (nSPS) is 9.27. The molecular formula is C10H13Br2NO2. The summed E-state index contributed by atoms with van der Waals surface area (Å²) in [5, 5.41) is 0. The lowest BCUT2D eigenvalue weighted by molar-refractivity contribution is -0.686. The summed E-state index contributed by atoms with van der Waals surface area (Å²) in [6, 6.07) is 1.95. The van der Waals surface area contributed by atoms with E-state index in [1.807, 2.05) is 25.4 Å². The van der Waals surface area contributed by atoms with E-state index in [9.17, 15) is 4.79 Å². The van der Waals surface area contributed by atoms with E-state index < -0.39 is 0 Å². The van der Waals surface area contributed by atoms with E-state index in [4.69, 9.17) is 4.74 Å². The van der Waals surface area contributed by atoms with Gasteiger partial charge < -0.3 is 21.7 Å². The highest BCUT2D eigenvalue weighted by Crippen LogP contribution is 2.11. The largest absolute Gasteiger partial charge is 1.00 e. The Morgan fingerprint density at radius 3 is 2.80 bits per heavy atom. The van der Waals surface area contributed by atoms with E-state index in [1.54, 1.807) is 11.5 Å². The summed E-state index contributed by atoms with van der Waals surface area (Å²) >= 11 is 3.40. The molecule has 5 heteroatoms. The molecule has 0 spiro atoms. The first-order valence-corrected chi connectivity index (χ1v) is 5.23. The number of pyridine rings is 1. The van der Waals surface area contributed by atoms with Crippen molar-refractivity contribution >= 4 is 21.9 Å². The summed E-state index contributed by atoms with van der Waals surface area (Å²) in [6.07, 6.45) is 3.73. The summed E-state index contributed by atoms with van der Waals surface area (Å²) in [5.41, 5.74) is 1.14. The summed E-state index contributed by atoms with van der Waals surface area (Å²) in [5.74, 6) is -0.215. The predicted octanol–water partition coefficient (Wildman–Crippen LogP) is -1.39. The van der Waals surface area contributed by atoms with Crippen molar-refractivity contribution in [2.75, 3.05) is 6.61 Å². The zero-order valence-corrected chi connectivity index (χ0v) is 11.8. The van der Waals surface area contributed by atoms with Crippen LogP contribution in [-0.4, -0.2) is 12.6 Å². The molecule has 1 rings (SSSR count). The minimum atomic E-state index is -0.215. The number of aromatic nitrogens is 1. The molecule has 0 aliphatic rings. The molecule has 0 aliphatic carbocycles. The number of ether oxygens (including phenoxy) is 1. The van der Waals surface area contributed by atoms with Crippen molar-refractivity contribution in [2.45, 2.75) is 20.4 Å². The zero-order chi connectivity index (χ0) is 10.6. The van der Waals surface area contributed by atoms with Crippen LogP contribution in [-0.2, 0) is 16.1 Å². The van der Waals surface area contributed by atoms with E-state index in [-0.39, 0.29) is 29.5 Å². The van der Waals surface area contributed by atoms with Gasteiger partial charge in [0.2, 0.25) is 6.54 Å². The lowest BCUT2D eigenvalue weighted by Gasteiger charge is -1.99. The van der Waals surface area contributed by atoms with E-state index in [0.29, 0.717) is 6.61 Å². The van der Waals surface area contributed by atoms with Gasteiger partial charge in [-0.2, -0.15) is 4.57 Å². The van der Waals surface area contributed by atoms with Crippen LogP contribution in [0.4, 0.5) is 0 Å². The van der Waals surface area contributed by atoms with Crippen molar-refractivity contribution in [3.05, 3.63) is 28.5 Å². The van der Waals surface area contributed by atoms with Crippen LogP contribution < -0.4 is 21.5 Å². The van der Waals surface area contributed by atoms with E-state index in [1.165, 1.54) is 0 Å². The second-order valence-corrected chi connectivity index (χ2v) is 3.81. The second kappa shape index (κ2) is 6.95. The summed E-state index contributed by atoms with van der Waals surface area (Å²) in [7, 11) is 0. The topological polar surface area (TPSA) is 30.2 Å². The van der Waals surface area contributed by atoms with Crippen molar-refractivity contribution in [2.24, 2.45) is 0 Å². The monoisotopic (exact) mass is 337 g/mol. The van der Waals surface area contributed by atoms with Crippen LogP contribution in [0.15, 0.2) is 22.9 Å². The molecule has 0 aromatic carbocycles. The third kappa shape index (κ3) is 4.75. The average molecular weight is 339 g/mol. The van der Waals surface area contributed by atoms with Crippen LogP contribution in [0.2, 0.25) is 0 Å². The number of hydrogen-bond donors (Lipinski definition) is 0. The lowest BCUT2D eigenvalue weighted by atomic mass is 10.3. The molecule has 0 unspecified atom stereocenters. The van der Waals surface area contributed by atoms with Gasteiger partial charge in [0.25, 0.3) is 0 Å².